The van der Waals surface area contributed by atoms with E-state index >= 15 is 4.39 Å². The van der Waals surface area contributed by atoms with Gasteiger partial charge in [-0.3, -0.25) is 0 Å². The van der Waals surface area contributed by atoms with Crippen LogP contribution in [0.3, 0.4) is 0 Å². The predicted molar refractivity (Wildman–Crippen MR) is 154 cm³/mol. The summed E-state index contributed by atoms with van der Waals surface area (Å²) in [5, 5.41) is 1.99. The molecular formula is C34H32FN2O+. The van der Waals surface area contributed by atoms with Gasteiger partial charge in [-0.2, -0.15) is 0 Å². The minimum atomic E-state index is -0.288. The van der Waals surface area contributed by atoms with Crippen LogP contribution in [-0.4, -0.2) is 4.57 Å². The van der Waals surface area contributed by atoms with Crippen LogP contribution >= 0.6 is 0 Å². The third-order valence-electron chi connectivity index (χ3n) is 7.55. The van der Waals surface area contributed by atoms with Crippen LogP contribution in [0.25, 0.3) is 55.6 Å². The summed E-state index contributed by atoms with van der Waals surface area (Å²) in [5.74, 6) is 0.755. The van der Waals surface area contributed by atoms with Crippen molar-refractivity contribution in [2.75, 3.05) is 0 Å². The lowest BCUT2D eigenvalue weighted by Gasteiger charge is -2.22. The molecule has 0 fully saturated rings. The number of halogens is 1. The van der Waals surface area contributed by atoms with Crippen LogP contribution in [-0.2, 0) is 19.5 Å². The fourth-order valence-corrected chi connectivity index (χ4v) is 5.66. The summed E-state index contributed by atoms with van der Waals surface area (Å²) in [6.45, 7) is 8.78. The molecule has 0 spiro atoms. The van der Waals surface area contributed by atoms with E-state index in [1.807, 2.05) is 75.0 Å². The molecule has 0 saturated heterocycles. The summed E-state index contributed by atoms with van der Waals surface area (Å²) >= 11 is 0. The van der Waals surface area contributed by atoms with Gasteiger partial charge in [0.05, 0.1) is 19.7 Å². The van der Waals surface area contributed by atoms with Crippen molar-refractivity contribution in [3.63, 3.8) is 0 Å². The van der Waals surface area contributed by atoms with E-state index in [1.165, 1.54) is 5.56 Å². The molecule has 0 N–H and O–H groups in total. The zero-order valence-corrected chi connectivity index (χ0v) is 22.8. The van der Waals surface area contributed by atoms with Crippen LogP contribution in [0, 0.1) is 12.7 Å². The minimum Gasteiger partial charge on any atom is -0.454 e. The van der Waals surface area contributed by atoms with Crippen LogP contribution in [0.1, 0.15) is 31.9 Å². The Hall–Kier alpha value is -4.18. The summed E-state index contributed by atoms with van der Waals surface area (Å²) in [6.07, 6.45) is 4.08. The summed E-state index contributed by atoms with van der Waals surface area (Å²) in [4.78, 5) is 0. The van der Waals surface area contributed by atoms with Gasteiger partial charge in [0.15, 0.2) is 5.58 Å². The van der Waals surface area contributed by atoms with Gasteiger partial charge in [0.1, 0.15) is 29.4 Å². The van der Waals surface area contributed by atoms with Gasteiger partial charge < -0.3 is 4.42 Å². The van der Waals surface area contributed by atoms with Gasteiger partial charge in [0, 0.05) is 10.8 Å². The van der Waals surface area contributed by atoms with E-state index in [1.54, 1.807) is 6.07 Å². The van der Waals surface area contributed by atoms with Crippen molar-refractivity contribution >= 4 is 21.9 Å². The Kier molecular flexibility index (Phi) is 5.53. The first-order valence-corrected chi connectivity index (χ1v) is 13.0. The molecule has 0 unspecified atom stereocenters. The van der Waals surface area contributed by atoms with Crippen LogP contribution in [0.15, 0.2) is 89.6 Å². The quantitative estimate of drug-likeness (QED) is 0.222. The van der Waals surface area contributed by atoms with E-state index in [0.29, 0.717) is 11.1 Å². The van der Waals surface area contributed by atoms with Crippen molar-refractivity contribution in [2.45, 2.75) is 33.1 Å². The van der Waals surface area contributed by atoms with Gasteiger partial charge in [-0.1, -0.05) is 81.4 Å². The number of imidazole rings is 1. The normalized spacial score (nSPS) is 12.1. The molecule has 3 nitrogen and oxygen atoms in total. The van der Waals surface area contributed by atoms with E-state index in [-0.39, 0.29) is 11.2 Å². The van der Waals surface area contributed by atoms with Gasteiger partial charge in [-0.15, -0.1) is 0 Å². The lowest BCUT2D eigenvalue weighted by molar-refractivity contribution is -0.659. The Morgan fingerprint density at radius 2 is 1.47 bits per heavy atom. The van der Waals surface area contributed by atoms with Crippen molar-refractivity contribution < 1.29 is 13.4 Å². The lowest BCUT2D eigenvalue weighted by Crippen LogP contribution is -2.29. The molecule has 4 heteroatoms. The molecule has 6 aromatic rings. The Balaban J connectivity index is 1.67. The molecule has 0 aliphatic heterocycles. The number of aromatic nitrogens is 2. The Bertz CT molecular complexity index is 1800. The SMILES string of the molecule is Cc1cc(C(C)(C)C)c2c(oc3c(-c4ccc(-c5ccccc5)cc4)c(F)ccc32)c1-c1n(C)cc[n+]1C. The third-order valence-corrected chi connectivity index (χ3v) is 7.55. The topological polar surface area (TPSA) is 21.9 Å². The maximum absolute atomic E-state index is 15.6. The molecule has 6 rings (SSSR count). The van der Waals surface area contributed by atoms with Crippen molar-refractivity contribution in [3.05, 3.63) is 102 Å². The van der Waals surface area contributed by atoms with E-state index < -0.39 is 0 Å². The molecule has 0 radical (unpaired) electrons. The van der Waals surface area contributed by atoms with Gasteiger partial charge in [-0.25, -0.2) is 13.5 Å². The largest absolute Gasteiger partial charge is 0.454 e. The number of fused-ring (bicyclic) bond motifs is 3. The highest BCUT2D eigenvalue weighted by Crippen LogP contribution is 2.45. The molecule has 2 aromatic heterocycles. The second kappa shape index (κ2) is 8.70. The van der Waals surface area contributed by atoms with Gasteiger partial charge >= 0.3 is 0 Å². The van der Waals surface area contributed by atoms with E-state index in [9.17, 15) is 0 Å². The summed E-state index contributed by atoms with van der Waals surface area (Å²) in [5.41, 5.74) is 8.14. The zero-order valence-electron chi connectivity index (χ0n) is 22.8. The van der Waals surface area contributed by atoms with E-state index in [4.69, 9.17) is 4.42 Å². The molecule has 0 aliphatic carbocycles. The Morgan fingerprint density at radius 1 is 0.816 bits per heavy atom. The molecule has 38 heavy (non-hydrogen) atoms. The molecule has 0 aliphatic rings. The van der Waals surface area contributed by atoms with Gasteiger partial charge in [0.25, 0.3) is 5.82 Å². The van der Waals surface area contributed by atoms with Crippen LogP contribution < -0.4 is 4.57 Å². The number of benzene rings is 4. The number of nitrogens with zero attached hydrogens (tertiary/aromatic N) is 2. The molecular weight excluding hydrogens is 471 g/mol. The third kappa shape index (κ3) is 3.75. The zero-order chi connectivity index (χ0) is 26.8. The summed E-state index contributed by atoms with van der Waals surface area (Å²) < 4.78 is 26.6. The molecule has 0 atom stereocenters. The molecule has 0 amide bonds. The molecule has 4 aromatic carbocycles. The monoisotopic (exact) mass is 503 g/mol. The second-order valence-electron chi connectivity index (χ2n) is 11.3. The Morgan fingerprint density at radius 3 is 2.11 bits per heavy atom. The number of furan rings is 1. The van der Waals surface area contributed by atoms with Crippen molar-refractivity contribution in [2.24, 2.45) is 14.1 Å². The average Bonchev–Trinajstić information content (AvgIpc) is 3.43. The standard InChI is InChI=1S/C34H32FN2O/c1-21-20-26(34(2,3)4)30-25-16-17-27(35)29(24-14-12-23(13-15-24)22-10-8-7-9-11-22)31(25)38-32(30)28(21)33-36(5)18-19-37(33)6/h7-20H,1-6H3/q+1. The fourth-order valence-electron chi connectivity index (χ4n) is 5.66. The van der Waals surface area contributed by atoms with Crippen molar-refractivity contribution in [1.29, 1.82) is 0 Å². The predicted octanol–water partition coefficient (Wildman–Crippen LogP) is 8.50. The van der Waals surface area contributed by atoms with E-state index in [0.717, 1.165) is 50.0 Å². The van der Waals surface area contributed by atoms with Crippen LogP contribution in [0.5, 0.6) is 0 Å². The number of rotatable bonds is 3. The second-order valence-corrected chi connectivity index (χ2v) is 11.3. The first-order chi connectivity index (χ1) is 18.1. The van der Waals surface area contributed by atoms with Crippen molar-refractivity contribution in [1.82, 2.24) is 4.57 Å². The fraction of sp³-hybridized carbons (Fsp3) is 0.206. The molecule has 0 saturated carbocycles. The van der Waals surface area contributed by atoms with E-state index in [2.05, 4.69) is 55.0 Å². The smallest absolute Gasteiger partial charge is 0.292 e. The average molecular weight is 504 g/mol. The highest BCUT2D eigenvalue weighted by molar-refractivity contribution is 6.15. The Labute approximate surface area is 222 Å². The van der Waals surface area contributed by atoms with Crippen LogP contribution in [0.4, 0.5) is 4.39 Å². The maximum Gasteiger partial charge on any atom is 0.292 e. The summed E-state index contributed by atoms with van der Waals surface area (Å²) in [7, 11) is 4.08. The first kappa shape index (κ1) is 24.2. The van der Waals surface area contributed by atoms with Crippen LogP contribution in [0.2, 0.25) is 0 Å². The first-order valence-electron chi connectivity index (χ1n) is 13.0. The summed E-state index contributed by atoms with van der Waals surface area (Å²) in [6, 6.07) is 24.0. The van der Waals surface area contributed by atoms with Crippen molar-refractivity contribution in [3.8, 4) is 33.6 Å². The van der Waals surface area contributed by atoms with Gasteiger partial charge in [-0.05, 0) is 52.3 Å². The highest BCUT2D eigenvalue weighted by atomic mass is 19.1. The molecule has 2 heterocycles. The number of aryl methyl sites for hydroxylation is 3. The lowest BCUT2D eigenvalue weighted by atomic mass is 9.82. The number of hydrogen-bond acceptors (Lipinski definition) is 1. The van der Waals surface area contributed by atoms with Gasteiger partial charge in [0.2, 0.25) is 0 Å². The number of hydrogen-bond donors (Lipinski definition) is 0. The molecule has 0 bridgehead atoms. The minimum absolute atomic E-state index is 0.124. The molecule has 190 valence electrons. The maximum atomic E-state index is 15.6. The highest BCUT2D eigenvalue weighted by Gasteiger charge is 2.30.